The standard InChI is InChI=1S/C17H29N5/c1-17(2,3)11-20-14-7-8-15(21-16(14)18-4)22-10-12-5-6-13(22)9-19-12/h7-8,12-13,19-20H,5-6,9-11H2,1-4H3,(H,18,21). The minimum absolute atomic E-state index is 0.251. The molecule has 3 N–H and O–H groups in total. The Bertz CT molecular complexity index is 514. The molecule has 5 nitrogen and oxygen atoms in total. The molecule has 2 unspecified atom stereocenters. The lowest BCUT2D eigenvalue weighted by molar-refractivity contribution is 0.289. The molecule has 3 aliphatic heterocycles. The van der Waals surface area contributed by atoms with E-state index in [1.165, 1.54) is 12.8 Å². The van der Waals surface area contributed by atoms with Crippen LogP contribution in [0.3, 0.4) is 0 Å². The Morgan fingerprint density at radius 1 is 1.32 bits per heavy atom. The molecule has 2 bridgehead atoms. The first kappa shape index (κ1) is 15.4. The number of hydrogen-bond donors (Lipinski definition) is 3. The van der Waals surface area contributed by atoms with Crippen molar-refractivity contribution in [3.8, 4) is 0 Å². The molecule has 4 heterocycles. The van der Waals surface area contributed by atoms with Crippen molar-refractivity contribution in [3.63, 3.8) is 0 Å². The Morgan fingerprint density at radius 3 is 2.68 bits per heavy atom. The van der Waals surface area contributed by atoms with Crippen molar-refractivity contribution >= 4 is 17.3 Å². The van der Waals surface area contributed by atoms with Gasteiger partial charge in [0.25, 0.3) is 0 Å². The summed E-state index contributed by atoms with van der Waals surface area (Å²) < 4.78 is 0. The van der Waals surface area contributed by atoms with Crippen LogP contribution in [0.5, 0.6) is 0 Å². The van der Waals surface area contributed by atoms with Gasteiger partial charge in [-0.25, -0.2) is 4.98 Å². The van der Waals surface area contributed by atoms with Gasteiger partial charge >= 0.3 is 0 Å². The Kier molecular flexibility index (Phi) is 4.17. The van der Waals surface area contributed by atoms with E-state index in [9.17, 15) is 0 Å². The molecular formula is C17H29N5. The largest absolute Gasteiger partial charge is 0.382 e. The monoisotopic (exact) mass is 303 g/mol. The summed E-state index contributed by atoms with van der Waals surface area (Å²) in [6.07, 6.45) is 2.57. The van der Waals surface area contributed by atoms with Crippen LogP contribution in [-0.2, 0) is 0 Å². The topological polar surface area (TPSA) is 52.2 Å². The van der Waals surface area contributed by atoms with E-state index in [-0.39, 0.29) is 5.41 Å². The molecule has 0 amide bonds. The van der Waals surface area contributed by atoms with Crippen LogP contribution < -0.4 is 20.9 Å². The van der Waals surface area contributed by atoms with Crippen LogP contribution in [-0.4, -0.2) is 43.7 Å². The molecule has 4 rings (SSSR count). The molecule has 3 saturated heterocycles. The molecule has 5 heteroatoms. The summed E-state index contributed by atoms with van der Waals surface area (Å²) in [5.41, 5.74) is 1.34. The summed E-state index contributed by atoms with van der Waals surface area (Å²) in [5.74, 6) is 2.04. The number of piperazine rings is 1. The average Bonchev–Trinajstić information content (AvgIpc) is 2.53. The Morgan fingerprint density at radius 2 is 2.14 bits per heavy atom. The number of hydrogen-bond acceptors (Lipinski definition) is 5. The number of fused-ring (bicyclic) bond motifs is 3. The highest BCUT2D eigenvalue weighted by Gasteiger charge is 2.34. The molecule has 3 aliphatic rings. The van der Waals surface area contributed by atoms with Gasteiger partial charge in [0.05, 0.1) is 5.69 Å². The quantitative estimate of drug-likeness (QED) is 0.798. The maximum atomic E-state index is 4.86. The van der Waals surface area contributed by atoms with Crippen molar-refractivity contribution in [3.05, 3.63) is 12.1 Å². The number of piperidine rings is 2. The number of pyridine rings is 1. The van der Waals surface area contributed by atoms with Gasteiger partial charge in [0.1, 0.15) is 5.82 Å². The summed E-state index contributed by atoms with van der Waals surface area (Å²) in [4.78, 5) is 7.33. The maximum absolute atomic E-state index is 4.86. The van der Waals surface area contributed by atoms with E-state index in [0.717, 1.165) is 37.0 Å². The van der Waals surface area contributed by atoms with E-state index >= 15 is 0 Å². The Hall–Kier alpha value is -1.49. The zero-order valence-corrected chi connectivity index (χ0v) is 14.2. The average molecular weight is 303 g/mol. The van der Waals surface area contributed by atoms with Crippen molar-refractivity contribution in [2.75, 3.05) is 42.2 Å². The second kappa shape index (κ2) is 5.95. The van der Waals surface area contributed by atoms with Gasteiger partial charge in [-0.15, -0.1) is 0 Å². The van der Waals surface area contributed by atoms with Gasteiger partial charge in [-0.1, -0.05) is 20.8 Å². The van der Waals surface area contributed by atoms with Gasteiger partial charge in [-0.05, 0) is 30.4 Å². The first-order valence-corrected chi connectivity index (χ1v) is 8.39. The molecule has 1 aromatic heterocycles. The lowest BCUT2D eigenvalue weighted by atomic mass is 9.93. The highest BCUT2D eigenvalue weighted by molar-refractivity contribution is 5.67. The van der Waals surface area contributed by atoms with Crippen molar-refractivity contribution < 1.29 is 0 Å². The van der Waals surface area contributed by atoms with E-state index in [1.54, 1.807) is 0 Å². The zero-order valence-electron chi connectivity index (χ0n) is 14.2. The number of nitrogens with zero attached hydrogens (tertiary/aromatic N) is 2. The van der Waals surface area contributed by atoms with E-state index in [0.29, 0.717) is 12.1 Å². The van der Waals surface area contributed by atoms with E-state index in [4.69, 9.17) is 4.98 Å². The maximum Gasteiger partial charge on any atom is 0.151 e. The molecule has 2 atom stereocenters. The molecule has 0 aromatic carbocycles. The molecule has 0 aliphatic carbocycles. The van der Waals surface area contributed by atoms with Crippen LogP contribution in [0.15, 0.2) is 12.1 Å². The fraction of sp³-hybridized carbons (Fsp3) is 0.706. The van der Waals surface area contributed by atoms with Gasteiger partial charge in [-0.3, -0.25) is 0 Å². The third-order valence-corrected chi connectivity index (χ3v) is 4.57. The zero-order chi connectivity index (χ0) is 15.7. The van der Waals surface area contributed by atoms with Crippen LogP contribution in [0.25, 0.3) is 0 Å². The number of aromatic nitrogens is 1. The fourth-order valence-electron chi connectivity index (χ4n) is 3.29. The molecule has 22 heavy (non-hydrogen) atoms. The van der Waals surface area contributed by atoms with Gasteiger partial charge in [0.15, 0.2) is 5.82 Å². The number of rotatable bonds is 4. The molecule has 3 fully saturated rings. The first-order valence-electron chi connectivity index (χ1n) is 8.39. The second-order valence-corrected chi connectivity index (χ2v) is 7.72. The molecule has 0 radical (unpaired) electrons. The van der Waals surface area contributed by atoms with Crippen LogP contribution in [0, 0.1) is 5.41 Å². The smallest absolute Gasteiger partial charge is 0.151 e. The molecule has 0 saturated carbocycles. The number of nitrogens with one attached hydrogen (secondary N) is 3. The van der Waals surface area contributed by atoms with Crippen LogP contribution in [0.1, 0.15) is 33.6 Å². The summed E-state index contributed by atoms with van der Waals surface area (Å²) in [6, 6.07) is 5.54. The highest BCUT2D eigenvalue weighted by atomic mass is 15.3. The minimum Gasteiger partial charge on any atom is -0.382 e. The van der Waals surface area contributed by atoms with E-state index in [2.05, 4.69) is 53.8 Å². The van der Waals surface area contributed by atoms with Crippen molar-refractivity contribution in [2.24, 2.45) is 5.41 Å². The predicted molar refractivity (Wildman–Crippen MR) is 93.9 cm³/mol. The molecule has 1 aromatic rings. The summed E-state index contributed by atoms with van der Waals surface area (Å²) in [6.45, 7) is 9.80. The summed E-state index contributed by atoms with van der Waals surface area (Å²) in [5, 5.41) is 10.3. The van der Waals surface area contributed by atoms with E-state index in [1.807, 2.05) is 7.05 Å². The van der Waals surface area contributed by atoms with Gasteiger partial charge in [0, 0.05) is 38.8 Å². The van der Waals surface area contributed by atoms with Gasteiger partial charge in [-0.2, -0.15) is 0 Å². The molecule has 0 spiro atoms. The van der Waals surface area contributed by atoms with Crippen LogP contribution >= 0.6 is 0 Å². The highest BCUT2D eigenvalue weighted by Crippen LogP contribution is 2.30. The third-order valence-electron chi connectivity index (χ3n) is 4.57. The van der Waals surface area contributed by atoms with Crippen LogP contribution in [0.4, 0.5) is 17.3 Å². The number of anilines is 3. The Labute approximate surface area is 133 Å². The second-order valence-electron chi connectivity index (χ2n) is 7.72. The van der Waals surface area contributed by atoms with Crippen molar-refractivity contribution in [1.29, 1.82) is 0 Å². The summed E-state index contributed by atoms with van der Waals surface area (Å²) >= 11 is 0. The van der Waals surface area contributed by atoms with Crippen molar-refractivity contribution in [1.82, 2.24) is 10.3 Å². The fourth-order valence-corrected chi connectivity index (χ4v) is 3.29. The Balaban J connectivity index is 1.77. The lowest BCUT2D eigenvalue weighted by Gasteiger charge is -2.46. The predicted octanol–water partition coefficient (Wildman–Crippen LogP) is 2.52. The van der Waals surface area contributed by atoms with E-state index < -0.39 is 0 Å². The minimum atomic E-state index is 0.251. The van der Waals surface area contributed by atoms with Gasteiger partial charge < -0.3 is 20.9 Å². The SMILES string of the molecule is CNc1nc(N2CC3CCC2CN3)ccc1NCC(C)(C)C. The summed E-state index contributed by atoms with van der Waals surface area (Å²) in [7, 11) is 1.94. The first-order chi connectivity index (χ1) is 10.5. The third kappa shape index (κ3) is 3.29. The van der Waals surface area contributed by atoms with Crippen LogP contribution in [0.2, 0.25) is 0 Å². The lowest BCUT2D eigenvalue weighted by Crippen LogP contribution is -2.61. The van der Waals surface area contributed by atoms with Gasteiger partial charge in [0.2, 0.25) is 0 Å². The molecular weight excluding hydrogens is 274 g/mol. The molecule has 122 valence electrons. The normalized spacial score (nSPS) is 24.5. The van der Waals surface area contributed by atoms with Crippen molar-refractivity contribution in [2.45, 2.75) is 45.7 Å².